The highest BCUT2D eigenvalue weighted by atomic mass is 32.1. The monoisotopic (exact) mass is 299 g/mol. The summed E-state index contributed by atoms with van der Waals surface area (Å²) in [7, 11) is 0. The van der Waals surface area contributed by atoms with E-state index in [0.717, 1.165) is 42.8 Å². The fourth-order valence-corrected chi connectivity index (χ4v) is 4.81. The lowest BCUT2D eigenvalue weighted by Gasteiger charge is -2.16. The molecule has 0 radical (unpaired) electrons. The number of rotatable bonds is 3. The van der Waals surface area contributed by atoms with E-state index in [4.69, 9.17) is 4.98 Å². The molecule has 1 saturated carbocycles. The Bertz CT molecular complexity index is 688. The van der Waals surface area contributed by atoms with Gasteiger partial charge in [-0.3, -0.25) is 4.79 Å². The Morgan fingerprint density at radius 3 is 2.71 bits per heavy atom. The average molecular weight is 299 g/mol. The van der Waals surface area contributed by atoms with Crippen LogP contribution in [-0.2, 0) is 16.6 Å². The van der Waals surface area contributed by atoms with Gasteiger partial charge in [0.2, 0.25) is 0 Å². The van der Waals surface area contributed by atoms with Gasteiger partial charge in [-0.1, -0.05) is 30.3 Å². The predicted molar refractivity (Wildman–Crippen MR) is 81.9 cm³/mol. The van der Waals surface area contributed by atoms with Crippen molar-refractivity contribution >= 4 is 17.3 Å². The molecule has 1 atom stereocenters. The van der Waals surface area contributed by atoms with Crippen molar-refractivity contribution in [1.82, 2.24) is 4.98 Å². The zero-order valence-corrected chi connectivity index (χ0v) is 12.5. The van der Waals surface area contributed by atoms with E-state index in [2.05, 4.69) is 24.3 Å². The molecule has 2 aliphatic rings. The summed E-state index contributed by atoms with van der Waals surface area (Å²) in [5.74, 6) is -1.12. The maximum atomic E-state index is 11.4. The van der Waals surface area contributed by atoms with Crippen LogP contribution in [0.5, 0.6) is 0 Å². The van der Waals surface area contributed by atoms with Crippen LogP contribution in [0.1, 0.15) is 52.7 Å². The van der Waals surface area contributed by atoms with Crippen molar-refractivity contribution in [3.8, 4) is 0 Å². The zero-order valence-electron chi connectivity index (χ0n) is 11.7. The first kappa shape index (κ1) is 13.0. The molecule has 0 amide bonds. The second-order valence-corrected chi connectivity index (χ2v) is 7.14. The molecule has 0 aliphatic heterocycles. The highest BCUT2D eigenvalue weighted by Crippen LogP contribution is 2.55. The van der Waals surface area contributed by atoms with Crippen molar-refractivity contribution in [2.45, 2.75) is 43.4 Å². The van der Waals surface area contributed by atoms with E-state index >= 15 is 0 Å². The normalized spacial score (nSPS) is 22.6. The topological polar surface area (TPSA) is 50.2 Å². The van der Waals surface area contributed by atoms with Crippen LogP contribution in [0, 0.1) is 0 Å². The van der Waals surface area contributed by atoms with Crippen molar-refractivity contribution in [2.24, 2.45) is 0 Å². The average Bonchev–Trinajstić information content (AvgIpc) is 3.20. The third-order valence-corrected chi connectivity index (χ3v) is 6.07. The fraction of sp³-hybridized carbons (Fsp3) is 0.412. The van der Waals surface area contributed by atoms with E-state index < -0.39 is 11.9 Å². The van der Waals surface area contributed by atoms with Crippen molar-refractivity contribution in [3.63, 3.8) is 0 Å². The van der Waals surface area contributed by atoms with Crippen LogP contribution in [0.15, 0.2) is 30.3 Å². The molecule has 1 unspecified atom stereocenters. The number of carboxylic acids is 1. The van der Waals surface area contributed by atoms with Crippen molar-refractivity contribution in [3.05, 3.63) is 51.5 Å². The molecule has 0 bridgehead atoms. The van der Waals surface area contributed by atoms with Crippen molar-refractivity contribution in [1.29, 1.82) is 0 Å². The Kier molecular flexibility index (Phi) is 2.89. The minimum Gasteiger partial charge on any atom is -0.481 e. The summed E-state index contributed by atoms with van der Waals surface area (Å²) in [6.45, 7) is 0. The van der Waals surface area contributed by atoms with Gasteiger partial charge in [-0.15, -0.1) is 11.3 Å². The predicted octanol–water partition coefficient (Wildman–Crippen LogP) is 3.73. The Morgan fingerprint density at radius 1 is 1.29 bits per heavy atom. The van der Waals surface area contributed by atoms with Gasteiger partial charge in [-0.2, -0.15) is 0 Å². The number of nitrogens with zero attached hydrogens (tertiary/aromatic N) is 1. The Hall–Kier alpha value is -1.68. The number of carbonyl (C=O) groups is 1. The molecule has 3 nitrogen and oxygen atoms in total. The van der Waals surface area contributed by atoms with E-state index in [0.29, 0.717) is 0 Å². The van der Waals surface area contributed by atoms with Crippen LogP contribution in [0.2, 0.25) is 0 Å². The van der Waals surface area contributed by atoms with Gasteiger partial charge < -0.3 is 5.11 Å². The zero-order chi connectivity index (χ0) is 14.4. The number of benzene rings is 1. The van der Waals surface area contributed by atoms with E-state index in [1.807, 2.05) is 6.07 Å². The summed E-state index contributed by atoms with van der Waals surface area (Å²) >= 11 is 1.75. The highest BCUT2D eigenvalue weighted by Gasteiger charge is 2.49. The molecule has 21 heavy (non-hydrogen) atoms. The number of aliphatic carboxylic acids is 1. The number of thiazole rings is 1. The smallest absolute Gasteiger partial charge is 0.312 e. The summed E-state index contributed by atoms with van der Waals surface area (Å²) in [4.78, 5) is 17.4. The van der Waals surface area contributed by atoms with E-state index in [-0.39, 0.29) is 5.41 Å². The number of fused-ring (bicyclic) bond motifs is 1. The molecule has 1 aromatic heterocycles. The SMILES string of the molecule is O=C(O)C1CCCc2sc(C3(c4ccccc4)CC3)nc21. The van der Waals surface area contributed by atoms with E-state index in [9.17, 15) is 9.90 Å². The van der Waals surface area contributed by atoms with Crippen LogP contribution in [-0.4, -0.2) is 16.1 Å². The third-order valence-electron chi connectivity index (χ3n) is 4.74. The largest absolute Gasteiger partial charge is 0.481 e. The fourth-order valence-electron chi connectivity index (χ4n) is 3.37. The quantitative estimate of drug-likeness (QED) is 0.939. The van der Waals surface area contributed by atoms with Crippen LogP contribution in [0.4, 0.5) is 0 Å². The molecule has 1 N–H and O–H groups in total. The first-order valence-corrected chi connectivity index (χ1v) is 8.31. The molecule has 0 saturated heterocycles. The summed E-state index contributed by atoms with van der Waals surface area (Å²) in [6, 6.07) is 10.5. The number of aromatic nitrogens is 1. The molecular formula is C17H17NO2S. The van der Waals surface area contributed by atoms with Gasteiger partial charge in [0, 0.05) is 10.3 Å². The lowest BCUT2D eigenvalue weighted by Crippen LogP contribution is -2.17. The second-order valence-electron chi connectivity index (χ2n) is 6.06. The van der Waals surface area contributed by atoms with Crippen LogP contribution in [0.25, 0.3) is 0 Å². The summed E-state index contributed by atoms with van der Waals surface area (Å²) in [5, 5.41) is 10.5. The Balaban J connectivity index is 1.76. The van der Waals surface area contributed by atoms with E-state index in [1.165, 1.54) is 10.4 Å². The van der Waals surface area contributed by atoms with Crippen molar-refractivity contribution < 1.29 is 9.90 Å². The lowest BCUT2D eigenvalue weighted by molar-refractivity contribution is -0.139. The summed E-state index contributed by atoms with van der Waals surface area (Å²) in [6.07, 6.45) is 4.93. The van der Waals surface area contributed by atoms with Gasteiger partial charge in [-0.25, -0.2) is 4.98 Å². The Morgan fingerprint density at radius 2 is 2.05 bits per heavy atom. The minimum atomic E-state index is -0.725. The van der Waals surface area contributed by atoms with Gasteiger partial charge >= 0.3 is 5.97 Å². The molecule has 1 heterocycles. The third kappa shape index (κ3) is 2.01. The molecule has 1 fully saturated rings. The van der Waals surface area contributed by atoms with Gasteiger partial charge in [0.05, 0.1) is 11.6 Å². The molecule has 0 spiro atoms. The minimum absolute atomic E-state index is 0.0618. The maximum absolute atomic E-state index is 11.4. The maximum Gasteiger partial charge on any atom is 0.312 e. The van der Waals surface area contributed by atoms with Gasteiger partial charge in [-0.05, 0) is 37.7 Å². The van der Waals surface area contributed by atoms with Gasteiger partial charge in [0.25, 0.3) is 0 Å². The molecule has 2 aliphatic carbocycles. The second kappa shape index (κ2) is 4.67. The highest BCUT2D eigenvalue weighted by molar-refractivity contribution is 7.12. The molecule has 2 aromatic rings. The molecule has 1 aromatic carbocycles. The number of hydrogen-bond donors (Lipinski definition) is 1. The number of carboxylic acid groups (broad SMARTS) is 1. The lowest BCUT2D eigenvalue weighted by atomic mass is 9.91. The van der Waals surface area contributed by atoms with Crippen LogP contribution >= 0.6 is 11.3 Å². The molecular weight excluding hydrogens is 282 g/mol. The first-order valence-electron chi connectivity index (χ1n) is 7.49. The van der Waals surface area contributed by atoms with Crippen LogP contribution in [0.3, 0.4) is 0 Å². The number of hydrogen-bond acceptors (Lipinski definition) is 3. The molecule has 4 heteroatoms. The molecule has 108 valence electrons. The van der Waals surface area contributed by atoms with Crippen LogP contribution < -0.4 is 0 Å². The Labute approximate surface area is 127 Å². The van der Waals surface area contributed by atoms with E-state index in [1.54, 1.807) is 11.3 Å². The summed E-state index contributed by atoms with van der Waals surface area (Å²) < 4.78 is 0. The van der Waals surface area contributed by atoms with Crippen molar-refractivity contribution in [2.75, 3.05) is 0 Å². The summed E-state index contributed by atoms with van der Waals surface area (Å²) in [5.41, 5.74) is 2.23. The first-order chi connectivity index (χ1) is 10.2. The number of aryl methyl sites for hydroxylation is 1. The standard InChI is InChI=1S/C17H17NO2S/c19-15(20)12-7-4-8-13-14(12)18-16(21-13)17(9-10-17)11-5-2-1-3-6-11/h1-3,5-6,12H,4,7-10H2,(H,19,20). The van der Waals surface area contributed by atoms with Gasteiger partial charge in [0.1, 0.15) is 5.01 Å². The van der Waals surface area contributed by atoms with Gasteiger partial charge in [0.15, 0.2) is 0 Å². The molecule has 4 rings (SSSR count).